The molecule has 1 saturated heterocycles. The van der Waals surface area contributed by atoms with Gasteiger partial charge in [-0.15, -0.1) is 0 Å². The van der Waals surface area contributed by atoms with Gasteiger partial charge in [-0.3, -0.25) is 9.58 Å². The highest BCUT2D eigenvalue weighted by Crippen LogP contribution is 2.64. The molecule has 4 atom stereocenters. The van der Waals surface area contributed by atoms with Crippen molar-refractivity contribution in [2.45, 2.75) is 50.9 Å². The van der Waals surface area contributed by atoms with Crippen LogP contribution in [-0.4, -0.2) is 51.9 Å². The quantitative estimate of drug-likeness (QED) is 0.771. The zero-order valence-corrected chi connectivity index (χ0v) is 17.9. The van der Waals surface area contributed by atoms with Gasteiger partial charge < -0.3 is 11.1 Å². The van der Waals surface area contributed by atoms with Gasteiger partial charge in [-0.25, -0.2) is 4.98 Å². The third-order valence-corrected chi connectivity index (χ3v) is 7.20. The summed E-state index contributed by atoms with van der Waals surface area (Å²) in [4.78, 5) is 6.40. The van der Waals surface area contributed by atoms with Gasteiger partial charge in [-0.05, 0) is 50.7 Å². The number of fused-ring (bicyclic) bond motifs is 1. The SMILES string of the molecule is CC(C)n1nc(-c2cnc(N)c(C(F)(F)F)c2)cc1C1[C@H]2CC(N3CCNCC3)C[C@@H]12. The van der Waals surface area contributed by atoms with Gasteiger partial charge in [-0.1, -0.05) is 0 Å². The van der Waals surface area contributed by atoms with Gasteiger partial charge in [0.05, 0.1) is 11.3 Å². The normalized spacial score (nSPS) is 28.8. The molecule has 3 heterocycles. The molecule has 1 aliphatic heterocycles. The molecular formula is C22H29F3N6. The number of hydrogen-bond acceptors (Lipinski definition) is 5. The molecule has 2 aliphatic carbocycles. The highest BCUT2D eigenvalue weighted by Gasteiger charge is 2.58. The van der Waals surface area contributed by atoms with E-state index >= 15 is 0 Å². The second-order valence-electron chi connectivity index (χ2n) is 9.41. The molecule has 0 bridgehead atoms. The van der Waals surface area contributed by atoms with Gasteiger partial charge in [0.15, 0.2) is 0 Å². The summed E-state index contributed by atoms with van der Waals surface area (Å²) in [6, 6.07) is 3.83. The summed E-state index contributed by atoms with van der Waals surface area (Å²) < 4.78 is 41.9. The summed E-state index contributed by atoms with van der Waals surface area (Å²) in [6.07, 6.45) is -0.746. The number of nitrogens with zero attached hydrogens (tertiary/aromatic N) is 4. The molecule has 3 fully saturated rings. The summed E-state index contributed by atoms with van der Waals surface area (Å²) in [5.41, 5.74) is 6.59. The first-order valence-corrected chi connectivity index (χ1v) is 11.1. The van der Waals surface area contributed by atoms with E-state index in [2.05, 4.69) is 34.1 Å². The Labute approximate surface area is 180 Å². The molecule has 2 aromatic rings. The largest absolute Gasteiger partial charge is 0.419 e. The molecule has 2 saturated carbocycles. The smallest absolute Gasteiger partial charge is 0.383 e. The molecule has 31 heavy (non-hydrogen) atoms. The molecule has 2 unspecified atom stereocenters. The predicted octanol–water partition coefficient (Wildman–Crippen LogP) is 3.52. The van der Waals surface area contributed by atoms with Crippen LogP contribution in [-0.2, 0) is 6.18 Å². The van der Waals surface area contributed by atoms with Crippen molar-refractivity contribution in [3.05, 3.63) is 29.6 Å². The van der Waals surface area contributed by atoms with Gasteiger partial charge in [0.2, 0.25) is 0 Å². The first-order valence-electron chi connectivity index (χ1n) is 11.1. The van der Waals surface area contributed by atoms with E-state index in [0.717, 1.165) is 37.9 Å². The maximum atomic E-state index is 13.3. The van der Waals surface area contributed by atoms with Crippen LogP contribution in [0.15, 0.2) is 18.3 Å². The highest BCUT2D eigenvalue weighted by atomic mass is 19.4. The van der Waals surface area contributed by atoms with Crippen LogP contribution in [0.25, 0.3) is 11.3 Å². The van der Waals surface area contributed by atoms with Crippen molar-refractivity contribution in [2.24, 2.45) is 11.8 Å². The maximum Gasteiger partial charge on any atom is 0.419 e. The lowest BCUT2D eigenvalue weighted by Crippen LogP contribution is -2.48. The minimum atomic E-state index is -4.54. The summed E-state index contributed by atoms with van der Waals surface area (Å²) in [5.74, 6) is 1.25. The Morgan fingerprint density at radius 2 is 1.81 bits per heavy atom. The number of aromatic nitrogens is 3. The Kier molecular flexibility index (Phi) is 5.01. The number of nitrogen functional groups attached to an aromatic ring is 1. The van der Waals surface area contributed by atoms with Gasteiger partial charge in [0, 0.05) is 61.6 Å². The average molecular weight is 435 g/mol. The van der Waals surface area contributed by atoms with Crippen LogP contribution in [0.4, 0.5) is 19.0 Å². The topological polar surface area (TPSA) is 72.0 Å². The summed E-state index contributed by atoms with van der Waals surface area (Å²) in [6.45, 7) is 8.49. The van der Waals surface area contributed by atoms with Gasteiger partial charge in [0.1, 0.15) is 5.82 Å². The number of rotatable bonds is 4. The lowest BCUT2D eigenvalue weighted by molar-refractivity contribution is -0.137. The van der Waals surface area contributed by atoms with E-state index in [0.29, 0.717) is 35.1 Å². The minimum Gasteiger partial charge on any atom is -0.383 e. The van der Waals surface area contributed by atoms with Crippen molar-refractivity contribution in [3.63, 3.8) is 0 Å². The van der Waals surface area contributed by atoms with Crippen LogP contribution in [0.2, 0.25) is 0 Å². The first kappa shape index (κ1) is 20.8. The molecular weight excluding hydrogens is 405 g/mol. The Morgan fingerprint density at radius 3 is 2.42 bits per heavy atom. The van der Waals surface area contributed by atoms with E-state index in [1.165, 1.54) is 19.0 Å². The molecule has 0 amide bonds. The van der Waals surface area contributed by atoms with E-state index in [1.54, 1.807) is 0 Å². The lowest BCUT2D eigenvalue weighted by atomic mass is 10.0. The molecule has 0 radical (unpaired) electrons. The molecule has 6 nitrogen and oxygen atoms in total. The Morgan fingerprint density at radius 1 is 1.13 bits per heavy atom. The highest BCUT2D eigenvalue weighted by molar-refractivity contribution is 5.63. The van der Waals surface area contributed by atoms with Crippen LogP contribution in [0, 0.1) is 11.8 Å². The zero-order valence-electron chi connectivity index (χ0n) is 17.9. The summed E-state index contributed by atoms with van der Waals surface area (Å²) in [7, 11) is 0. The monoisotopic (exact) mass is 434 g/mol. The zero-order chi connectivity index (χ0) is 21.9. The van der Waals surface area contributed by atoms with E-state index in [9.17, 15) is 13.2 Å². The van der Waals surface area contributed by atoms with Crippen LogP contribution < -0.4 is 11.1 Å². The van der Waals surface area contributed by atoms with Gasteiger partial charge in [0.25, 0.3) is 0 Å². The van der Waals surface area contributed by atoms with Gasteiger partial charge in [-0.2, -0.15) is 18.3 Å². The van der Waals surface area contributed by atoms with E-state index in [1.807, 2.05) is 10.7 Å². The van der Waals surface area contributed by atoms with Crippen molar-refractivity contribution in [2.75, 3.05) is 31.9 Å². The van der Waals surface area contributed by atoms with Crippen molar-refractivity contribution < 1.29 is 13.2 Å². The fraction of sp³-hybridized carbons (Fsp3) is 0.636. The van der Waals surface area contributed by atoms with E-state index in [4.69, 9.17) is 5.73 Å². The third kappa shape index (κ3) is 3.71. The number of alkyl halides is 3. The number of hydrogen-bond donors (Lipinski definition) is 2. The molecule has 2 aromatic heterocycles. The maximum absolute atomic E-state index is 13.3. The fourth-order valence-electron chi connectivity index (χ4n) is 5.65. The molecule has 3 aliphatic rings. The number of piperazine rings is 1. The first-order chi connectivity index (χ1) is 14.7. The third-order valence-electron chi connectivity index (χ3n) is 7.20. The molecule has 3 N–H and O–H groups in total. The van der Waals surface area contributed by atoms with E-state index in [-0.39, 0.29) is 6.04 Å². The summed E-state index contributed by atoms with van der Waals surface area (Å²) >= 11 is 0. The molecule has 0 spiro atoms. The molecule has 0 aromatic carbocycles. The lowest BCUT2D eigenvalue weighted by Gasteiger charge is -2.34. The Bertz CT molecular complexity index is 951. The Balaban J connectivity index is 1.39. The number of pyridine rings is 1. The van der Waals surface area contributed by atoms with Crippen molar-refractivity contribution in [3.8, 4) is 11.3 Å². The fourth-order valence-corrected chi connectivity index (χ4v) is 5.65. The number of nitrogens with one attached hydrogen (secondary N) is 1. The average Bonchev–Trinajstić information content (AvgIpc) is 3.09. The second kappa shape index (κ2) is 7.48. The van der Waals surface area contributed by atoms with Crippen molar-refractivity contribution in [1.82, 2.24) is 25.0 Å². The minimum absolute atomic E-state index is 0.137. The molecule has 168 valence electrons. The van der Waals surface area contributed by atoms with Crippen LogP contribution in [0.5, 0.6) is 0 Å². The van der Waals surface area contributed by atoms with Crippen LogP contribution in [0.3, 0.4) is 0 Å². The summed E-state index contributed by atoms with van der Waals surface area (Å²) in [5, 5.41) is 8.09. The standard InChI is InChI=1S/C22H29F3N6/c1-12(2)31-19(20-15-8-14(9-16(15)20)30-5-3-27-4-6-30)10-18(29-31)13-7-17(22(23,24)25)21(26)28-11-13/h7,10-12,14-16,20,27H,3-6,8-9H2,1-2H3,(H2,26,28)/t14?,15-,16+,20?. The van der Waals surface area contributed by atoms with Crippen molar-refractivity contribution >= 4 is 5.82 Å². The number of anilines is 1. The van der Waals surface area contributed by atoms with E-state index < -0.39 is 17.6 Å². The molecule has 9 heteroatoms. The number of halogens is 3. The van der Waals surface area contributed by atoms with Gasteiger partial charge >= 0.3 is 6.18 Å². The Hall–Kier alpha value is -2.13. The number of nitrogens with two attached hydrogens (primary N) is 1. The van der Waals surface area contributed by atoms with Crippen molar-refractivity contribution in [1.29, 1.82) is 0 Å². The van der Waals surface area contributed by atoms with Crippen LogP contribution >= 0.6 is 0 Å². The van der Waals surface area contributed by atoms with Crippen LogP contribution in [0.1, 0.15) is 49.9 Å². The second-order valence-corrected chi connectivity index (χ2v) is 9.41. The molecule has 5 rings (SSSR count). The predicted molar refractivity (Wildman–Crippen MR) is 112 cm³/mol.